The molecule has 0 bridgehead atoms. The maximum Gasteiger partial charge on any atom is 0.419 e. The van der Waals surface area contributed by atoms with Gasteiger partial charge in [-0.15, -0.1) is 11.3 Å². The number of aryl methyl sites for hydroxylation is 1. The Morgan fingerprint density at radius 3 is 2.35 bits per heavy atom. The van der Waals surface area contributed by atoms with Crippen LogP contribution in [0.15, 0.2) is 30.3 Å². The van der Waals surface area contributed by atoms with E-state index in [4.69, 9.17) is 5.84 Å². The highest BCUT2D eigenvalue weighted by Gasteiger charge is 2.34. The summed E-state index contributed by atoms with van der Waals surface area (Å²) in [5, 5.41) is 0. The summed E-state index contributed by atoms with van der Waals surface area (Å²) < 4.78 is 51.1. The van der Waals surface area contributed by atoms with E-state index in [1.54, 1.807) is 6.07 Å². The number of hydrazine groups is 1. The number of thiophene rings is 1. The third kappa shape index (κ3) is 3.00. The van der Waals surface area contributed by atoms with Crippen LogP contribution >= 0.6 is 11.3 Å². The molecule has 2 aromatic rings. The molecule has 0 aliphatic heterocycles. The molecule has 0 aliphatic rings. The van der Waals surface area contributed by atoms with Gasteiger partial charge in [-0.25, -0.2) is 9.82 Å². The molecule has 0 spiro atoms. The largest absolute Gasteiger partial charge is 0.419 e. The second-order valence-corrected chi connectivity index (χ2v) is 5.60. The average Bonchev–Trinajstić information content (AvgIpc) is 2.75. The second-order valence-electron chi connectivity index (χ2n) is 4.29. The zero-order chi connectivity index (χ0) is 14.9. The SMILES string of the molecule is Cc1ccc(C(NN)c2ccc(C(F)(F)F)c(F)c2)s1. The predicted molar refractivity (Wildman–Crippen MR) is 69.6 cm³/mol. The van der Waals surface area contributed by atoms with Crippen molar-refractivity contribution in [3.05, 3.63) is 57.0 Å². The van der Waals surface area contributed by atoms with Gasteiger partial charge in [0.1, 0.15) is 5.82 Å². The van der Waals surface area contributed by atoms with Gasteiger partial charge in [0.05, 0.1) is 11.6 Å². The fourth-order valence-corrected chi connectivity index (χ4v) is 2.86. The van der Waals surface area contributed by atoms with Crippen LogP contribution in [0.2, 0.25) is 0 Å². The van der Waals surface area contributed by atoms with Crippen molar-refractivity contribution < 1.29 is 17.6 Å². The lowest BCUT2D eigenvalue weighted by Crippen LogP contribution is -2.28. The third-order valence-corrected chi connectivity index (χ3v) is 3.91. The van der Waals surface area contributed by atoms with Crippen molar-refractivity contribution in [3.63, 3.8) is 0 Å². The molecule has 0 amide bonds. The van der Waals surface area contributed by atoms with Crippen LogP contribution in [-0.2, 0) is 6.18 Å². The minimum atomic E-state index is -4.70. The Labute approximate surface area is 117 Å². The Kier molecular flexibility index (Phi) is 4.12. The van der Waals surface area contributed by atoms with E-state index in [2.05, 4.69) is 5.43 Å². The van der Waals surface area contributed by atoms with Crippen molar-refractivity contribution in [2.45, 2.75) is 19.1 Å². The van der Waals surface area contributed by atoms with E-state index in [9.17, 15) is 17.6 Å². The molecular weight excluding hydrogens is 292 g/mol. The molecule has 7 heteroatoms. The molecule has 0 fully saturated rings. The van der Waals surface area contributed by atoms with Gasteiger partial charge in [-0.2, -0.15) is 13.2 Å². The maximum atomic E-state index is 13.6. The Morgan fingerprint density at radius 1 is 1.20 bits per heavy atom. The lowest BCUT2D eigenvalue weighted by Gasteiger charge is -2.16. The first-order valence-corrected chi connectivity index (χ1v) is 6.53. The van der Waals surface area contributed by atoms with Crippen molar-refractivity contribution >= 4 is 11.3 Å². The molecule has 1 aromatic heterocycles. The molecule has 2 rings (SSSR count). The Morgan fingerprint density at radius 2 is 1.90 bits per heavy atom. The van der Waals surface area contributed by atoms with Gasteiger partial charge in [0.25, 0.3) is 0 Å². The van der Waals surface area contributed by atoms with Crippen LogP contribution in [0.25, 0.3) is 0 Å². The molecule has 0 aliphatic carbocycles. The van der Waals surface area contributed by atoms with Crippen LogP contribution < -0.4 is 11.3 Å². The standard InChI is InChI=1S/C13H12F4N2S/c1-7-2-5-11(20-7)12(19-18)8-3-4-9(10(14)6-8)13(15,16)17/h2-6,12,19H,18H2,1H3. The second kappa shape index (κ2) is 5.51. The minimum Gasteiger partial charge on any atom is -0.271 e. The Hall–Kier alpha value is -1.44. The molecule has 2 nitrogen and oxygen atoms in total. The molecule has 1 atom stereocenters. The van der Waals surface area contributed by atoms with Gasteiger partial charge in [0, 0.05) is 9.75 Å². The van der Waals surface area contributed by atoms with E-state index < -0.39 is 23.6 Å². The Bertz CT molecular complexity index is 607. The van der Waals surface area contributed by atoms with E-state index >= 15 is 0 Å². The van der Waals surface area contributed by atoms with Crippen molar-refractivity contribution in [2.75, 3.05) is 0 Å². The zero-order valence-electron chi connectivity index (χ0n) is 10.5. The smallest absolute Gasteiger partial charge is 0.271 e. The first-order valence-electron chi connectivity index (χ1n) is 5.72. The highest BCUT2D eigenvalue weighted by Crippen LogP contribution is 2.34. The molecule has 1 aromatic carbocycles. The van der Waals surface area contributed by atoms with Gasteiger partial charge >= 0.3 is 6.18 Å². The van der Waals surface area contributed by atoms with Crippen molar-refractivity contribution in [1.29, 1.82) is 0 Å². The van der Waals surface area contributed by atoms with E-state index in [1.807, 2.05) is 13.0 Å². The lowest BCUT2D eigenvalue weighted by atomic mass is 10.0. The minimum absolute atomic E-state index is 0.347. The number of nitrogens with two attached hydrogens (primary N) is 1. The van der Waals surface area contributed by atoms with Gasteiger partial charge < -0.3 is 0 Å². The third-order valence-electron chi connectivity index (χ3n) is 2.84. The number of halogens is 4. The van der Waals surface area contributed by atoms with Crippen LogP contribution in [0, 0.1) is 12.7 Å². The maximum absolute atomic E-state index is 13.6. The highest BCUT2D eigenvalue weighted by molar-refractivity contribution is 7.12. The number of hydrogen-bond acceptors (Lipinski definition) is 3. The predicted octanol–water partition coefficient (Wildman–Crippen LogP) is 3.77. The number of alkyl halides is 3. The van der Waals surface area contributed by atoms with Crippen molar-refractivity contribution in [3.8, 4) is 0 Å². The first kappa shape index (κ1) is 15.0. The summed E-state index contributed by atoms with van der Waals surface area (Å²) in [6, 6.07) is 5.96. The highest BCUT2D eigenvalue weighted by atomic mass is 32.1. The van der Waals surface area contributed by atoms with E-state index in [-0.39, 0.29) is 0 Å². The molecule has 1 heterocycles. The molecule has 1 unspecified atom stereocenters. The van der Waals surface area contributed by atoms with Crippen LogP contribution in [0.1, 0.15) is 26.9 Å². The van der Waals surface area contributed by atoms with Crippen LogP contribution in [0.4, 0.5) is 17.6 Å². The van der Waals surface area contributed by atoms with E-state index in [0.29, 0.717) is 5.56 Å². The summed E-state index contributed by atoms with van der Waals surface area (Å²) in [5.74, 6) is 4.13. The lowest BCUT2D eigenvalue weighted by molar-refractivity contribution is -0.140. The van der Waals surface area contributed by atoms with Crippen LogP contribution in [0.3, 0.4) is 0 Å². The van der Waals surface area contributed by atoms with E-state index in [0.717, 1.165) is 21.9 Å². The molecule has 108 valence electrons. The molecule has 0 saturated heterocycles. The summed E-state index contributed by atoms with van der Waals surface area (Å²) in [6.45, 7) is 1.90. The molecule has 0 saturated carbocycles. The monoisotopic (exact) mass is 304 g/mol. The molecule has 0 radical (unpaired) electrons. The normalized spacial score (nSPS) is 13.5. The fourth-order valence-electron chi connectivity index (χ4n) is 1.89. The van der Waals surface area contributed by atoms with Gasteiger partial charge in [-0.1, -0.05) is 6.07 Å². The summed E-state index contributed by atoms with van der Waals surface area (Å²) in [7, 11) is 0. The quantitative estimate of drug-likeness (QED) is 0.515. The molecule has 20 heavy (non-hydrogen) atoms. The average molecular weight is 304 g/mol. The van der Waals surface area contributed by atoms with Gasteiger partial charge in [0.2, 0.25) is 0 Å². The summed E-state index contributed by atoms with van der Waals surface area (Å²) in [6.07, 6.45) is -4.70. The number of nitrogens with one attached hydrogen (secondary N) is 1. The molecular formula is C13H12F4N2S. The fraction of sp³-hybridized carbons (Fsp3) is 0.231. The number of rotatable bonds is 3. The van der Waals surface area contributed by atoms with Crippen molar-refractivity contribution in [1.82, 2.24) is 5.43 Å². The topological polar surface area (TPSA) is 38.0 Å². The van der Waals surface area contributed by atoms with Gasteiger partial charge in [0.15, 0.2) is 0 Å². The number of benzene rings is 1. The number of hydrogen-bond donors (Lipinski definition) is 2. The van der Waals surface area contributed by atoms with E-state index in [1.165, 1.54) is 17.4 Å². The summed E-state index contributed by atoms with van der Waals surface area (Å²) >= 11 is 1.44. The van der Waals surface area contributed by atoms with Crippen LogP contribution in [0.5, 0.6) is 0 Å². The summed E-state index contributed by atoms with van der Waals surface area (Å²) in [5.41, 5.74) is 1.56. The first-order chi connectivity index (χ1) is 9.32. The Balaban J connectivity index is 2.39. The molecule has 3 N–H and O–H groups in total. The van der Waals surface area contributed by atoms with Crippen molar-refractivity contribution in [2.24, 2.45) is 5.84 Å². The van der Waals surface area contributed by atoms with Gasteiger partial charge in [-0.3, -0.25) is 5.84 Å². The zero-order valence-corrected chi connectivity index (χ0v) is 11.3. The van der Waals surface area contributed by atoms with Gasteiger partial charge in [-0.05, 0) is 36.8 Å². The van der Waals surface area contributed by atoms with Crippen LogP contribution in [-0.4, -0.2) is 0 Å². The summed E-state index contributed by atoms with van der Waals surface area (Å²) in [4.78, 5) is 1.84.